The van der Waals surface area contributed by atoms with Crippen molar-refractivity contribution < 1.29 is 23.4 Å². The molecule has 7 heteroatoms. The molecule has 1 aliphatic carbocycles. The summed E-state index contributed by atoms with van der Waals surface area (Å²) in [5, 5.41) is 19.5. The van der Waals surface area contributed by atoms with Gasteiger partial charge in [-0.15, -0.1) is 0 Å². The van der Waals surface area contributed by atoms with Crippen LogP contribution in [0.15, 0.2) is 36.8 Å². The fraction of sp³-hybridized carbons (Fsp3) is 0.412. The molecule has 3 rings (SSSR count). The number of alkyl halides is 3. The molecular formula is C17H17F3N2O2. The van der Waals surface area contributed by atoms with Gasteiger partial charge in [0, 0.05) is 23.5 Å². The van der Waals surface area contributed by atoms with E-state index in [0.29, 0.717) is 30.5 Å². The Kier molecular flexibility index (Phi) is 3.79. The summed E-state index contributed by atoms with van der Waals surface area (Å²) < 4.78 is 38.9. The highest BCUT2D eigenvalue weighted by Crippen LogP contribution is 2.52. The van der Waals surface area contributed by atoms with Crippen LogP contribution in [-0.2, 0) is 18.0 Å². The van der Waals surface area contributed by atoms with Crippen LogP contribution in [0.4, 0.5) is 13.2 Å². The molecule has 1 fully saturated rings. The van der Waals surface area contributed by atoms with E-state index < -0.39 is 22.8 Å². The largest absolute Gasteiger partial charge is 0.506 e. The van der Waals surface area contributed by atoms with Crippen molar-refractivity contribution in [1.82, 2.24) is 9.97 Å². The molecule has 0 bridgehead atoms. The van der Waals surface area contributed by atoms with Gasteiger partial charge in [0.05, 0.1) is 17.4 Å². The van der Waals surface area contributed by atoms with Gasteiger partial charge in [0.1, 0.15) is 5.75 Å². The van der Waals surface area contributed by atoms with Gasteiger partial charge in [0.2, 0.25) is 0 Å². The van der Waals surface area contributed by atoms with Crippen molar-refractivity contribution in [2.45, 2.75) is 43.4 Å². The number of rotatable bonds is 3. The average molecular weight is 338 g/mol. The summed E-state index contributed by atoms with van der Waals surface area (Å²) in [6.07, 6.45) is 0.0682. The molecule has 1 aliphatic rings. The second-order valence-electron chi connectivity index (χ2n) is 6.78. The molecule has 2 aromatic rings. The molecule has 4 nitrogen and oxygen atoms in total. The first kappa shape index (κ1) is 16.7. The number of halogens is 3. The quantitative estimate of drug-likeness (QED) is 0.902. The molecule has 0 spiro atoms. The molecule has 0 saturated heterocycles. The number of aliphatic hydroxyl groups is 1. The van der Waals surface area contributed by atoms with E-state index in [4.69, 9.17) is 0 Å². The number of aromatic hydroxyl groups is 1. The third kappa shape index (κ3) is 3.21. The second-order valence-corrected chi connectivity index (χ2v) is 6.78. The molecule has 2 N–H and O–H groups in total. The third-order valence-corrected chi connectivity index (χ3v) is 4.45. The van der Waals surface area contributed by atoms with Gasteiger partial charge in [-0.2, -0.15) is 13.2 Å². The molecular weight excluding hydrogens is 321 g/mol. The van der Waals surface area contributed by atoms with Crippen LogP contribution in [0.1, 0.15) is 36.6 Å². The Balaban J connectivity index is 1.97. The summed E-state index contributed by atoms with van der Waals surface area (Å²) >= 11 is 0. The smallest absolute Gasteiger partial charge is 0.417 e. The maximum atomic E-state index is 13.0. The van der Waals surface area contributed by atoms with Crippen LogP contribution in [0.5, 0.6) is 5.75 Å². The summed E-state index contributed by atoms with van der Waals surface area (Å²) in [6, 6.07) is 4.21. The number of pyridine rings is 2. The first-order chi connectivity index (χ1) is 11.1. The van der Waals surface area contributed by atoms with Crippen molar-refractivity contribution in [3.05, 3.63) is 53.6 Å². The van der Waals surface area contributed by atoms with Crippen LogP contribution < -0.4 is 0 Å². The molecule has 0 aromatic carbocycles. The molecule has 2 heterocycles. The highest BCUT2D eigenvalue weighted by molar-refractivity contribution is 5.35. The number of hydrogen-bond donors (Lipinski definition) is 2. The minimum absolute atomic E-state index is 0.0224. The lowest BCUT2D eigenvalue weighted by atomic mass is 9.55. The van der Waals surface area contributed by atoms with Crippen LogP contribution in [0, 0.1) is 0 Å². The van der Waals surface area contributed by atoms with Crippen molar-refractivity contribution in [2.24, 2.45) is 0 Å². The molecule has 0 unspecified atom stereocenters. The lowest BCUT2D eigenvalue weighted by molar-refractivity contribution is -0.138. The zero-order valence-electron chi connectivity index (χ0n) is 13.0. The van der Waals surface area contributed by atoms with E-state index in [-0.39, 0.29) is 5.75 Å². The zero-order valence-corrected chi connectivity index (χ0v) is 13.0. The van der Waals surface area contributed by atoms with Gasteiger partial charge in [0.15, 0.2) is 0 Å². The Morgan fingerprint density at radius 3 is 2.42 bits per heavy atom. The average Bonchev–Trinajstić information content (AvgIpc) is 2.47. The summed E-state index contributed by atoms with van der Waals surface area (Å²) in [5.41, 5.74) is -1.29. The monoisotopic (exact) mass is 338 g/mol. The fourth-order valence-corrected chi connectivity index (χ4v) is 3.59. The molecule has 0 atom stereocenters. The topological polar surface area (TPSA) is 66.2 Å². The van der Waals surface area contributed by atoms with Crippen molar-refractivity contribution in [3.63, 3.8) is 0 Å². The Bertz CT molecular complexity index is 734. The first-order valence-electron chi connectivity index (χ1n) is 7.49. The predicted molar refractivity (Wildman–Crippen MR) is 80.4 cm³/mol. The Morgan fingerprint density at radius 1 is 1.17 bits per heavy atom. The van der Waals surface area contributed by atoms with Crippen molar-refractivity contribution >= 4 is 0 Å². The van der Waals surface area contributed by atoms with Gasteiger partial charge >= 0.3 is 6.18 Å². The lowest BCUT2D eigenvalue weighted by Crippen LogP contribution is -2.54. The molecule has 0 amide bonds. The van der Waals surface area contributed by atoms with E-state index in [2.05, 4.69) is 9.97 Å². The number of nitrogens with zero attached hydrogens (tertiary/aromatic N) is 2. The van der Waals surface area contributed by atoms with E-state index in [0.717, 1.165) is 12.3 Å². The van der Waals surface area contributed by atoms with Crippen molar-refractivity contribution in [1.29, 1.82) is 0 Å². The van der Waals surface area contributed by atoms with Crippen LogP contribution in [0.3, 0.4) is 0 Å². The SMILES string of the molecule is CC1(O)CC(Cc2ccc(O)cn2)(c2cncc(C(F)(F)F)c2)C1. The van der Waals surface area contributed by atoms with Crippen molar-refractivity contribution in [2.75, 3.05) is 0 Å². The third-order valence-electron chi connectivity index (χ3n) is 4.45. The van der Waals surface area contributed by atoms with Crippen LogP contribution >= 0.6 is 0 Å². The minimum atomic E-state index is -4.47. The van der Waals surface area contributed by atoms with E-state index in [1.807, 2.05) is 0 Å². The van der Waals surface area contributed by atoms with Crippen LogP contribution in [0.2, 0.25) is 0 Å². The Labute approximate surface area is 137 Å². The molecule has 128 valence electrons. The van der Waals surface area contributed by atoms with E-state index in [9.17, 15) is 23.4 Å². The summed E-state index contributed by atoms with van der Waals surface area (Å²) in [5.74, 6) is 0.0224. The van der Waals surface area contributed by atoms with Gasteiger partial charge in [0.25, 0.3) is 0 Å². The predicted octanol–water partition coefficient (Wildman–Crippen LogP) is 3.23. The van der Waals surface area contributed by atoms with Gasteiger partial charge in [-0.05, 0) is 49.9 Å². The van der Waals surface area contributed by atoms with E-state index in [1.54, 1.807) is 13.0 Å². The molecule has 0 aliphatic heterocycles. The highest BCUT2D eigenvalue weighted by atomic mass is 19.4. The number of aromatic nitrogens is 2. The lowest BCUT2D eigenvalue weighted by Gasteiger charge is -2.52. The number of hydrogen-bond acceptors (Lipinski definition) is 4. The van der Waals surface area contributed by atoms with Gasteiger partial charge in [-0.3, -0.25) is 9.97 Å². The van der Waals surface area contributed by atoms with E-state index >= 15 is 0 Å². The Morgan fingerprint density at radius 2 is 1.88 bits per heavy atom. The summed E-state index contributed by atoms with van der Waals surface area (Å²) in [7, 11) is 0. The summed E-state index contributed by atoms with van der Waals surface area (Å²) in [4.78, 5) is 7.86. The first-order valence-corrected chi connectivity index (χ1v) is 7.49. The van der Waals surface area contributed by atoms with Crippen molar-refractivity contribution in [3.8, 4) is 5.75 Å². The highest BCUT2D eigenvalue weighted by Gasteiger charge is 2.52. The molecule has 0 radical (unpaired) electrons. The van der Waals surface area contributed by atoms with Crippen LogP contribution in [-0.4, -0.2) is 25.8 Å². The summed E-state index contributed by atoms with van der Waals surface area (Å²) in [6.45, 7) is 1.66. The van der Waals surface area contributed by atoms with Crippen LogP contribution in [0.25, 0.3) is 0 Å². The maximum absolute atomic E-state index is 13.0. The minimum Gasteiger partial charge on any atom is -0.506 e. The molecule has 1 saturated carbocycles. The Hall–Kier alpha value is -2.15. The molecule has 24 heavy (non-hydrogen) atoms. The standard InChI is InChI=1S/C17H17F3N2O2/c1-15(24)9-16(10-15,5-13-2-3-14(23)8-22-13)11-4-12(7-21-6-11)17(18,19)20/h2-4,6-8,23-24H,5,9-10H2,1H3. The van der Waals surface area contributed by atoms with E-state index in [1.165, 1.54) is 18.5 Å². The fourth-order valence-electron chi connectivity index (χ4n) is 3.59. The second kappa shape index (κ2) is 5.44. The van der Waals surface area contributed by atoms with Gasteiger partial charge in [-0.1, -0.05) is 0 Å². The van der Waals surface area contributed by atoms with Gasteiger partial charge < -0.3 is 10.2 Å². The molecule has 2 aromatic heterocycles. The van der Waals surface area contributed by atoms with Gasteiger partial charge in [-0.25, -0.2) is 0 Å². The maximum Gasteiger partial charge on any atom is 0.417 e. The zero-order chi connectivity index (χ0) is 17.6. The normalized spacial score (nSPS) is 26.9.